The highest BCUT2D eigenvalue weighted by molar-refractivity contribution is 5.95. The van der Waals surface area contributed by atoms with Gasteiger partial charge in [0.25, 0.3) is 0 Å². The normalized spacial score (nSPS) is 58.0. The van der Waals surface area contributed by atoms with E-state index in [0.29, 0.717) is 23.9 Å². The summed E-state index contributed by atoms with van der Waals surface area (Å²) in [5, 5.41) is 10.2. The number of aliphatic hydroxyl groups is 1. The molecule has 132 valence electrons. The number of fused-ring (bicyclic) bond motifs is 4. The second-order valence-electron chi connectivity index (χ2n) is 9.79. The van der Waals surface area contributed by atoms with Crippen LogP contribution in [-0.4, -0.2) is 28.7 Å². The summed E-state index contributed by atoms with van der Waals surface area (Å²) in [6, 6.07) is 0. The zero-order chi connectivity index (χ0) is 16.9. The number of carbonyl (C=O) groups is 1. The monoisotopic (exact) mass is 330 g/mol. The third-order valence-corrected chi connectivity index (χ3v) is 9.02. The van der Waals surface area contributed by atoms with Crippen LogP contribution in [0, 0.1) is 28.6 Å². The van der Waals surface area contributed by atoms with Crippen molar-refractivity contribution in [3.05, 3.63) is 11.6 Å². The van der Waals surface area contributed by atoms with Crippen molar-refractivity contribution >= 4 is 5.78 Å². The summed E-state index contributed by atoms with van der Waals surface area (Å²) in [5.41, 5.74) is 1.38. The maximum absolute atomic E-state index is 12.1. The van der Waals surface area contributed by atoms with Gasteiger partial charge < -0.3 is 9.84 Å². The summed E-state index contributed by atoms with van der Waals surface area (Å²) in [6.07, 6.45) is 9.87. The molecule has 1 N–H and O–H groups in total. The van der Waals surface area contributed by atoms with Crippen molar-refractivity contribution in [2.75, 3.05) is 0 Å². The minimum Gasteiger partial charge on any atom is -0.393 e. The molecule has 8 atom stereocenters. The minimum absolute atomic E-state index is 0.0327. The van der Waals surface area contributed by atoms with Gasteiger partial charge in [-0.25, -0.2) is 0 Å². The van der Waals surface area contributed by atoms with E-state index in [1.807, 2.05) is 0 Å². The van der Waals surface area contributed by atoms with Crippen LogP contribution in [0.3, 0.4) is 0 Å². The first-order valence-corrected chi connectivity index (χ1v) is 9.89. The first kappa shape index (κ1) is 15.6. The maximum Gasteiger partial charge on any atom is 0.156 e. The van der Waals surface area contributed by atoms with Crippen molar-refractivity contribution in [1.82, 2.24) is 0 Å². The van der Waals surface area contributed by atoms with Gasteiger partial charge in [0.15, 0.2) is 5.78 Å². The third-order valence-electron chi connectivity index (χ3n) is 9.02. The molecule has 0 aromatic carbocycles. The summed E-state index contributed by atoms with van der Waals surface area (Å²) in [4.78, 5) is 12.1. The summed E-state index contributed by atoms with van der Waals surface area (Å²) in [7, 11) is 0. The van der Waals surface area contributed by atoms with Crippen LogP contribution < -0.4 is 0 Å². The lowest BCUT2D eigenvalue weighted by Crippen LogP contribution is -2.58. The molecular formula is C21H30O3. The van der Waals surface area contributed by atoms with E-state index in [2.05, 4.69) is 19.9 Å². The van der Waals surface area contributed by atoms with Crippen molar-refractivity contribution in [3.63, 3.8) is 0 Å². The number of allylic oxidation sites excluding steroid dienone is 2. The van der Waals surface area contributed by atoms with Crippen molar-refractivity contribution in [2.24, 2.45) is 28.6 Å². The number of epoxide rings is 1. The maximum atomic E-state index is 12.1. The van der Waals surface area contributed by atoms with E-state index in [1.54, 1.807) is 6.92 Å². The van der Waals surface area contributed by atoms with E-state index >= 15 is 0 Å². The molecule has 1 heterocycles. The molecule has 3 unspecified atom stereocenters. The van der Waals surface area contributed by atoms with E-state index in [0.717, 1.165) is 44.1 Å². The highest BCUT2D eigenvalue weighted by Gasteiger charge is 2.75. The van der Waals surface area contributed by atoms with Gasteiger partial charge in [-0.3, -0.25) is 4.79 Å². The molecule has 1 spiro atoms. The van der Waals surface area contributed by atoms with E-state index < -0.39 is 0 Å². The van der Waals surface area contributed by atoms with Crippen LogP contribution in [0.2, 0.25) is 0 Å². The number of Topliss-reactive ketones (excluding diaryl/α,β-unsaturated/α-hetero) is 1. The lowest BCUT2D eigenvalue weighted by Gasteiger charge is -2.58. The first-order chi connectivity index (χ1) is 11.3. The average Bonchev–Trinajstić information content (AvgIpc) is 3.08. The Hall–Kier alpha value is -0.670. The van der Waals surface area contributed by atoms with E-state index in [1.165, 1.54) is 6.42 Å². The standard InChI is InChI=1S/C21H30O3/c1-12(22)15-4-5-16-14-10-18-21(24-18)11-13(23)6-9-20(21,3)17(14)7-8-19(15,16)2/h4,13-14,16-18,23H,5-11H2,1-3H3/t13?,14-,16-,17-,18?,19+,20+,21?/m0/s1. The Morgan fingerprint density at radius 3 is 2.79 bits per heavy atom. The fourth-order valence-electron chi connectivity index (χ4n) is 7.77. The Morgan fingerprint density at radius 1 is 1.25 bits per heavy atom. The molecule has 4 aliphatic carbocycles. The minimum atomic E-state index is -0.175. The van der Waals surface area contributed by atoms with Gasteiger partial charge in [0, 0.05) is 11.8 Å². The fraction of sp³-hybridized carbons (Fsp3) is 0.857. The Kier molecular flexibility index (Phi) is 2.94. The Bertz CT molecular complexity index is 639. The number of hydrogen-bond acceptors (Lipinski definition) is 3. The average molecular weight is 330 g/mol. The Labute approximate surface area is 144 Å². The van der Waals surface area contributed by atoms with E-state index in [-0.39, 0.29) is 28.3 Å². The quantitative estimate of drug-likeness (QED) is 0.747. The molecule has 5 rings (SSSR count). The van der Waals surface area contributed by atoms with Gasteiger partial charge in [0.1, 0.15) is 5.60 Å². The molecule has 0 amide bonds. The number of ether oxygens (including phenoxy) is 1. The van der Waals surface area contributed by atoms with Crippen LogP contribution >= 0.6 is 0 Å². The molecule has 3 heteroatoms. The van der Waals surface area contributed by atoms with Crippen molar-refractivity contribution in [3.8, 4) is 0 Å². The summed E-state index contributed by atoms with van der Waals surface area (Å²) in [5.74, 6) is 2.26. The largest absolute Gasteiger partial charge is 0.393 e. The molecule has 4 fully saturated rings. The van der Waals surface area contributed by atoms with Crippen molar-refractivity contribution < 1.29 is 14.6 Å². The van der Waals surface area contributed by atoms with Crippen LogP contribution in [-0.2, 0) is 9.53 Å². The first-order valence-electron chi connectivity index (χ1n) is 9.89. The molecule has 0 aromatic heterocycles. The summed E-state index contributed by atoms with van der Waals surface area (Å²) < 4.78 is 6.35. The molecular weight excluding hydrogens is 300 g/mol. The van der Waals surface area contributed by atoms with Crippen molar-refractivity contribution in [2.45, 2.75) is 83.5 Å². The van der Waals surface area contributed by atoms with Crippen LogP contribution in [0.4, 0.5) is 0 Å². The van der Waals surface area contributed by atoms with Crippen LogP contribution in [0.25, 0.3) is 0 Å². The molecule has 3 nitrogen and oxygen atoms in total. The molecule has 5 aliphatic rings. The van der Waals surface area contributed by atoms with Crippen LogP contribution in [0.1, 0.15) is 65.7 Å². The highest BCUT2D eigenvalue weighted by Crippen LogP contribution is 2.73. The van der Waals surface area contributed by atoms with Gasteiger partial charge >= 0.3 is 0 Å². The van der Waals surface area contributed by atoms with Crippen LogP contribution in [0.15, 0.2) is 11.6 Å². The predicted molar refractivity (Wildman–Crippen MR) is 91.4 cm³/mol. The van der Waals surface area contributed by atoms with Gasteiger partial charge in [-0.05, 0) is 74.2 Å². The van der Waals surface area contributed by atoms with Gasteiger partial charge in [-0.2, -0.15) is 0 Å². The Morgan fingerprint density at radius 2 is 2.04 bits per heavy atom. The molecule has 3 saturated carbocycles. The van der Waals surface area contributed by atoms with Gasteiger partial charge in [-0.15, -0.1) is 0 Å². The third kappa shape index (κ3) is 1.64. The smallest absolute Gasteiger partial charge is 0.156 e. The number of aliphatic hydroxyl groups excluding tert-OH is 1. The molecule has 1 aliphatic heterocycles. The number of carbonyl (C=O) groups excluding carboxylic acids is 1. The zero-order valence-electron chi connectivity index (χ0n) is 15.2. The fourth-order valence-corrected chi connectivity index (χ4v) is 7.77. The summed E-state index contributed by atoms with van der Waals surface area (Å²) in [6.45, 7) is 6.54. The number of ketones is 1. The lowest BCUT2D eigenvalue weighted by molar-refractivity contribution is -0.119. The number of rotatable bonds is 1. The second kappa shape index (κ2) is 4.54. The van der Waals surface area contributed by atoms with Gasteiger partial charge in [0.2, 0.25) is 0 Å². The zero-order valence-corrected chi connectivity index (χ0v) is 15.2. The number of hydrogen-bond donors (Lipinski definition) is 1. The SMILES string of the molecule is CC(=O)C1=CC[C@H]2[C@@H]3CC4OC45CC(O)CC[C@]5(C)[C@H]3CC[C@]12C. The van der Waals surface area contributed by atoms with Crippen LogP contribution in [0.5, 0.6) is 0 Å². The molecule has 0 radical (unpaired) electrons. The van der Waals surface area contributed by atoms with Gasteiger partial charge in [-0.1, -0.05) is 19.9 Å². The predicted octanol–water partition coefficient (Wildman–Crippen LogP) is 3.65. The molecule has 1 saturated heterocycles. The highest BCUT2D eigenvalue weighted by atomic mass is 16.6. The molecule has 24 heavy (non-hydrogen) atoms. The van der Waals surface area contributed by atoms with E-state index in [4.69, 9.17) is 4.74 Å². The topological polar surface area (TPSA) is 49.8 Å². The molecule has 0 bridgehead atoms. The Balaban J connectivity index is 1.50. The van der Waals surface area contributed by atoms with E-state index in [9.17, 15) is 9.90 Å². The second-order valence-corrected chi connectivity index (χ2v) is 9.79. The summed E-state index contributed by atoms with van der Waals surface area (Å²) >= 11 is 0. The van der Waals surface area contributed by atoms with Crippen molar-refractivity contribution in [1.29, 1.82) is 0 Å². The lowest BCUT2D eigenvalue weighted by atomic mass is 9.44. The van der Waals surface area contributed by atoms with Gasteiger partial charge in [0.05, 0.1) is 12.2 Å². The molecule has 0 aromatic rings.